The molecule has 0 unspecified atom stereocenters. The zero-order chi connectivity index (χ0) is 24.5. The fourth-order valence-electron chi connectivity index (χ4n) is 5.25. The molecule has 2 aromatic heterocycles. The first kappa shape index (κ1) is 24.3. The first-order valence-electron chi connectivity index (χ1n) is 12.0. The van der Waals surface area contributed by atoms with Crippen LogP contribution in [0.3, 0.4) is 0 Å². The summed E-state index contributed by atoms with van der Waals surface area (Å²) in [5.74, 6) is 1.67. The van der Waals surface area contributed by atoms with Gasteiger partial charge in [-0.1, -0.05) is 12.1 Å². The third-order valence-corrected chi connectivity index (χ3v) is 7.78. The first-order chi connectivity index (χ1) is 16.8. The van der Waals surface area contributed by atoms with Crippen LogP contribution in [0.2, 0.25) is 0 Å². The summed E-state index contributed by atoms with van der Waals surface area (Å²) in [6, 6.07) is 9.93. The van der Waals surface area contributed by atoms with Crippen molar-refractivity contribution < 1.29 is 17.9 Å². The van der Waals surface area contributed by atoms with Crippen molar-refractivity contribution in [1.82, 2.24) is 20.2 Å². The van der Waals surface area contributed by atoms with Crippen LogP contribution < -0.4 is 15.0 Å². The highest BCUT2D eigenvalue weighted by molar-refractivity contribution is 7.18. The lowest BCUT2D eigenvalue weighted by molar-refractivity contribution is -0.126. The van der Waals surface area contributed by atoms with Crippen molar-refractivity contribution in [2.45, 2.75) is 32.0 Å². The fourth-order valence-corrected chi connectivity index (χ4v) is 6.27. The topological polar surface area (TPSA) is 53.5 Å². The molecular formula is C25H30F3N5OS. The maximum Gasteiger partial charge on any atom is 0.393 e. The zero-order valence-corrected chi connectivity index (χ0v) is 20.6. The standard InChI is InChI=1S/C25H30F3N5OS/c1-29-7-3-9-34-19-5-2-4-18(10-19)13-32-14-24(15-32)6-8-33(16-24)22-21-11-20(12-25(26,27)28)35-23(21)31-17-30-22/h2,4-5,10-11,17,29H,3,6-9,12-16H2,1H3. The summed E-state index contributed by atoms with van der Waals surface area (Å²) in [6.45, 7) is 6.27. The zero-order valence-electron chi connectivity index (χ0n) is 19.8. The van der Waals surface area contributed by atoms with Gasteiger partial charge in [0.25, 0.3) is 0 Å². The van der Waals surface area contributed by atoms with Crippen LogP contribution in [0.1, 0.15) is 23.3 Å². The number of rotatable bonds is 9. The molecule has 0 saturated carbocycles. The number of hydrogen-bond acceptors (Lipinski definition) is 7. The number of fused-ring (bicyclic) bond motifs is 1. The predicted octanol–water partition coefficient (Wildman–Crippen LogP) is 4.50. The molecule has 2 fully saturated rings. The second-order valence-corrected chi connectivity index (χ2v) is 10.8. The number of anilines is 1. The maximum atomic E-state index is 12.9. The van der Waals surface area contributed by atoms with Crippen LogP contribution in [-0.4, -0.2) is 67.4 Å². The average molecular weight is 506 g/mol. The van der Waals surface area contributed by atoms with Gasteiger partial charge in [0.05, 0.1) is 18.4 Å². The number of benzene rings is 1. The van der Waals surface area contributed by atoms with Crippen molar-refractivity contribution in [3.05, 3.63) is 47.1 Å². The Balaban J connectivity index is 1.18. The Hall–Kier alpha value is -2.43. The first-order valence-corrected chi connectivity index (χ1v) is 12.8. The van der Waals surface area contributed by atoms with Crippen LogP contribution >= 0.6 is 11.3 Å². The molecule has 6 nitrogen and oxygen atoms in total. The number of halogens is 3. The van der Waals surface area contributed by atoms with Crippen molar-refractivity contribution in [3.8, 4) is 5.75 Å². The number of nitrogens with zero attached hydrogens (tertiary/aromatic N) is 4. The van der Waals surface area contributed by atoms with Crippen LogP contribution in [0.5, 0.6) is 5.75 Å². The Morgan fingerprint density at radius 3 is 2.83 bits per heavy atom. The summed E-state index contributed by atoms with van der Waals surface area (Å²) in [6.07, 6.45) is -1.64. The SMILES string of the molecule is CNCCCOc1cccc(CN2CC3(CCN(c4ncnc5sc(CC(F)(F)F)cc45)C3)C2)c1. The predicted molar refractivity (Wildman–Crippen MR) is 132 cm³/mol. The highest BCUT2D eigenvalue weighted by Crippen LogP contribution is 2.43. The Bertz CT molecular complexity index is 1160. The monoisotopic (exact) mass is 505 g/mol. The highest BCUT2D eigenvalue weighted by Gasteiger charge is 2.48. The van der Waals surface area contributed by atoms with E-state index in [1.54, 1.807) is 6.07 Å². The molecule has 5 rings (SSSR count). The van der Waals surface area contributed by atoms with E-state index in [4.69, 9.17) is 4.74 Å². The highest BCUT2D eigenvalue weighted by atomic mass is 32.1. The quantitative estimate of drug-likeness (QED) is 0.433. The van der Waals surface area contributed by atoms with E-state index in [1.807, 2.05) is 19.2 Å². The van der Waals surface area contributed by atoms with Gasteiger partial charge >= 0.3 is 6.18 Å². The van der Waals surface area contributed by atoms with Gasteiger partial charge in [0.2, 0.25) is 0 Å². The Labute approximate surface area is 207 Å². The minimum atomic E-state index is -4.22. The largest absolute Gasteiger partial charge is 0.494 e. The summed E-state index contributed by atoms with van der Waals surface area (Å²) in [7, 11) is 1.94. The third kappa shape index (κ3) is 5.70. The summed E-state index contributed by atoms with van der Waals surface area (Å²) in [5.41, 5.74) is 1.46. The molecule has 0 bridgehead atoms. The van der Waals surface area contributed by atoms with Gasteiger partial charge in [-0.3, -0.25) is 4.90 Å². The summed E-state index contributed by atoms with van der Waals surface area (Å²) in [4.78, 5) is 14.3. The molecule has 3 aromatic rings. The third-order valence-electron chi connectivity index (χ3n) is 6.73. The van der Waals surface area contributed by atoms with Crippen molar-refractivity contribution in [2.75, 3.05) is 51.3 Å². The number of hydrogen-bond donors (Lipinski definition) is 1. The average Bonchev–Trinajstić information content (AvgIpc) is 3.40. The van der Waals surface area contributed by atoms with E-state index in [1.165, 1.54) is 11.9 Å². The number of thiophene rings is 1. The smallest absolute Gasteiger partial charge is 0.393 e. The van der Waals surface area contributed by atoms with E-state index in [0.717, 1.165) is 80.4 Å². The second-order valence-electron chi connectivity index (χ2n) is 9.69. The Kier molecular flexibility index (Phi) is 6.87. The van der Waals surface area contributed by atoms with E-state index in [0.29, 0.717) is 11.4 Å². The van der Waals surface area contributed by atoms with E-state index in [2.05, 4.69) is 37.2 Å². The minimum Gasteiger partial charge on any atom is -0.494 e. The van der Waals surface area contributed by atoms with Gasteiger partial charge in [0.1, 0.15) is 22.7 Å². The molecule has 4 heterocycles. The molecule has 0 aliphatic carbocycles. The number of likely N-dealkylation sites (tertiary alicyclic amines) is 1. The van der Waals surface area contributed by atoms with E-state index < -0.39 is 12.6 Å². The molecule has 2 aliphatic rings. The molecule has 1 aromatic carbocycles. The van der Waals surface area contributed by atoms with Crippen LogP contribution in [0.15, 0.2) is 36.7 Å². The van der Waals surface area contributed by atoms with Crippen molar-refractivity contribution in [1.29, 1.82) is 0 Å². The van der Waals surface area contributed by atoms with Gasteiger partial charge in [-0.05, 0) is 50.2 Å². The lowest BCUT2D eigenvalue weighted by Gasteiger charge is -2.48. The molecule has 188 valence electrons. The number of aromatic nitrogens is 2. The molecule has 0 radical (unpaired) electrons. The van der Waals surface area contributed by atoms with Crippen molar-refractivity contribution >= 4 is 27.4 Å². The summed E-state index contributed by atoms with van der Waals surface area (Å²) in [5, 5.41) is 3.86. The van der Waals surface area contributed by atoms with Crippen LogP contribution in [0.25, 0.3) is 10.2 Å². The van der Waals surface area contributed by atoms with Crippen molar-refractivity contribution in [3.63, 3.8) is 0 Å². The number of nitrogens with one attached hydrogen (secondary N) is 1. The summed E-state index contributed by atoms with van der Waals surface area (Å²) < 4.78 is 44.5. The van der Waals surface area contributed by atoms with Crippen LogP contribution in [-0.2, 0) is 13.0 Å². The van der Waals surface area contributed by atoms with Gasteiger partial charge in [0.15, 0.2) is 0 Å². The summed E-state index contributed by atoms with van der Waals surface area (Å²) >= 11 is 1.11. The Morgan fingerprint density at radius 1 is 1.17 bits per heavy atom. The number of ether oxygens (including phenoxy) is 1. The van der Waals surface area contributed by atoms with Crippen LogP contribution in [0.4, 0.5) is 19.0 Å². The molecular weight excluding hydrogens is 475 g/mol. The van der Waals surface area contributed by atoms with E-state index in [-0.39, 0.29) is 10.3 Å². The number of alkyl halides is 3. The Morgan fingerprint density at radius 2 is 2.03 bits per heavy atom. The van der Waals surface area contributed by atoms with Gasteiger partial charge in [-0.15, -0.1) is 11.3 Å². The van der Waals surface area contributed by atoms with E-state index >= 15 is 0 Å². The second kappa shape index (κ2) is 9.91. The molecule has 1 N–H and O–H groups in total. The fraction of sp³-hybridized carbons (Fsp3) is 0.520. The molecule has 0 atom stereocenters. The minimum absolute atomic E-state index is 0.212. The van der Waals surface area contributed by atoms with Crippen LogP contribution in [0, 0.1) is 5.41 Å². The van der Waals surface area contributed by atoms with Gasteiger partial charge in [-0.2, -0.15) is 13.2 Å². The van der Waals surface area contributed by atoms with Crippen molar-refractivity contribution in [2.24, 2.45) is 5.41 Å². The molecule has 10 heteroatoms. The van der Waals surface area contributed by atoms with Gasteiger partial charge < -0.3 is 15.0 Å². The lowest BCUT2D eigenvalue weighted by atomic mass is 9.79. The lowest BCUT2D eigenvalue weighted by Crippen LogP contribution is -2.56. The maximum absolute atomic E-state index is 12.9. The molecule has 2 saturated heterocycles. The van der Waals surface area contributed by atoms with Gasteiger partial charge in [0, 0.05) is 43.0 Å². The van der Waals surface area contributed by atoms with Gasteiger partial charge in [-0.25, -0.2) is 9.97 Å². The van der Waals surface area contributed by atoms with E-state index in [9.17, 15) is 13.2 Å². The molecule has 2 aliphatic heterocycles. The normalized spacial score (nSPS) is 17.9. The molecule has 1 spiro atoms. The molecule has 0 amide bonds. The molecule has 35 heavy (non-hydrogen) atoms.